The number of nitrogens with zero attached hydrogens (tertiary/aromatic N) is 2. The van der Waals surface area contributed by atoms with Crippen molar-refractivity contribution < 1.29 is 0 Å². The maximum absolute atomic E-state index is 4.52. The standard InChI is InChI=1S/C12H14N2/c1-4-10(3)11-8-14-7-9(2)5-6-12(14)13-11/h4-8,10H,1H2,2-3H3. The number of fused-ring (bicyclic) bond motifs is 1. The molecule has 0 aliphatic carbocycles. The van der Waals surface area contributed by atoms with E-state index in [0.29, 0.717) is 5.92 Å². The first-order chi connectivity index (χ1) is 6.70. The molecule has 14 heavy (non-hydrogen) atoms. The van der Waals surface area contributed by atoms with Gasteiger partial charge in [-0.25, -0.2) is 4.98 Å². The molecule has 2 nitrogen and oxygen atoms in total. The molecule has 2 rings (SSSR count). The lowest BCUT2D eigenvalue weighted by atomic mass is 10.1. The van der Waals surface area contributed by atoms with E-state index in [-0.39, 0.29) is 0 Å². The van der Waals surface area contributed by atoms with Gasteiger partial charge in [-0.1, -0.05) is 19.1 Å². The number of hydrogen-bond donors (Lipinski definition) is 0. The molecule has 0 bridgehead atoms. The zero-order valence-corrected chi connectivity index (χ0v) is 8.57. The Bertz CT molecular complexity index is 468. The molecule has 0 amide bonds. The molecule has 2 heteroatoms. The Labute approximate surface area is 83.9 Å². The van der Waals surface area contributed by atoms with Crippen LogP contribution in [0.25, 0.3) is 5.65 Å². The van der Waals surface area contributed by atoms with Crippen LogP contribution >= 0.6 is 0 Å². The Hall–Kier alpha value is -1.57. The third kappa shape index (κ3) is 1.43. The van der Waals surface area contributed by atoms with E-state index in [1.54, 1.807) is 0 Å². The summed E-state index contributed by atoms with van der Waals surface area (Å²) in [4.78, 5) is 4.52. The van der Waals surface area contributed by atoms with Crippen LogP contribution in [0.3, 0.4) is 0 Å². The second-order valence-electron chi connectivity index (χ2n) is 3.66. The van der Waals surface area contributed by atoms with Crippen LogP contribution in [0.4, 0.5) is 0 Å². The molecular weight excluding hydrogens is 172 g/mol. The van der Waals surface area contributed by atoms with Crippen LogP contribution in [0.15, 0.2) is 37.2 Å². The van der Waals surface area contributed by atoms with Gasteiger partial charge >= 0.3 is 0 Å². The van der Waals surface area contributed by atoms with Crippen molar-refractivity contribution in [3.05, 3.63) is 48.4 Å². The third-order valence-corrected chi connectivity index (χ3v) is 2.44. The van der Waals surface area contributed by atoms with Crippen molar-refractivity contribution >= 4 is 5.65 Å². The largest absolute Gasteiger partial charge is 0.307 e. The highest BCUT2D eigenvalue weighted by atomic mass is 15.0. The Morgan fingerprint density at radius 2 is 2.21 bits per heavy atom. The molecular formula is C12H14N2. The first-order valence-electron chi connectivity index (χ1n) is 4.78. The van der Waals surface area contributed by atoms with Gasteiger partial charge in [0.25, 0.3) is 0 Å². The number of allylic oxidation sites excluding steroid dienone is 1. The van der Waals surface area contributed by atoms with E-state index in [0.717, 1.165) is 11.3 Å². The maximum atomic E-state index is 4.52. The summed E-state index contributed by atoms with van der Waals surface area (Å²) in [5.41, 5.74) is 3.32. The Morgan fingerprint density at radius 1 is 1.43 bits per heavy atom. The Balaban J connectivity index is 2.56. The number of aryl methyl sites for hydroxylation is 1. The lowest BCUT2D eigenvalue weighted by Crippen LogP contribution is -1.86. The van der Waals surface area contributed by atoms with Gasteiger partial charge < -0.3 is 4.40 Å². The number of pyridine rings is 1. The quantitative estimate of drug-likeness (QED) is 0.659. The van der Waals surface area contributed by atoms with Gasteiger partial charge in [-0.15, -0.1) is 6.58 Å². The Morgan fingerprint density at radius 3 is 2.93 bits per heavy atom. The van der Waals surface area contributed by atoms with Gasteiger partial charge in [0.1, 0.15) is 5.65 Å². The summed E-state index contributed by atoms with van der Waals surface area (Å²) in [5, 5.41) is 0. The molecule has 0 aliphatic heterocycles. The summed E-state index contributed by atoms with van der Waals surface area (Å²) in [6.45, 7) is 7.95. The van der Waals surface area contributed by atoms with Crippen molar-refractivity contribution in [1.29, 1.82) is 0 Å². The Kier molecular flexibility index (Phi) is 2.12. The van der Waals surface area contributed by atoms with Crippen LogP contribution < -0.4 is 0 Å². The van der Waals surface area contributed by atoms with Crippen LogP contribution in [0, 0.1) is 6.92 Å². The predicted octanol–water partition coefficient (Wildman–Crippen LogP) is 2.93. The van der Waals surface area contributed by atoms with Gasteiger partial charge in [-0.2, -0.15) is 0 Å². The molecule has 0 fully saturated rings. The summed E-state index contributed by atoms with van der Waals surface area (Å²) in [7, 11) is 0. The van der Waals surface area contributed by atoms with Crippen molar-refractivity contribution in [1.82, 2.24) is 9.38 Å². The van der Waals surface area contributed by atoms with Gasteiger partial charge in [0, 0.05) is 18.3 Å². The second kappa shape index (κ2) is 3.29. The van der Waals surface area contributed by atoms with Crippen LogP contribution in [0.2, 0.25) is 0 Å². The maximum Gasteiger partial charge on any atom is 0.137 e. The summed E-state index contributed by atoms with van der Waals surface area (Å²) in [5.74, 6) is 0.315. The average Bonchev–Trinajstić information content (AvgIpc) is 2.59. The topological polar surface area (TPSA) is 17.3 Å². The SMILES string of the molecule is C=CC(C)c1cn2cc(C)ccc2n1. The number of imidazole rings is 1. The van der Waals surface area contributed by atoms with Gasteiger partial charge in [0.05, 0.1) is 5.69 Å². The van der Waals surface area contributed by atoms with Crippen molar-refractivity contribution in [3.63, 3.8) is 0 Å². The van der Waals surface area contributed by atoms with Crippen LogP contribution in [-0.2, 0) is 0 Å². The van der Waals surface area contributed by atoms with Crippen LogP contribution in [-0.4, -0.2) is 9.38 Å². The number of aromatic nitrogens is 2. The van der Waals surface area contributed by atoms with Gasteiger partial charge in [-0.3, -0.25) is 0 Å². The van der Waals surface area contributed by atoms with Crippen molar-refractivity contribution in [2.24, 2.45) is 0 Å². The van der Waals surface area contributed by atoms with Crippen molar-refractivity contribution in [2.45, 2.75) is 19.8 Å². The van der Waals surface area contributed by atoms with E-state index in [2.05, 4.69) is 48.3 Å². The first kappa shape index (κ1) is 9.00. The molecule has 1 unspecified atom stereocenters. The minimum Gasteiger partial charge on any atom is -0.307 e. The molecule has 2 heterocycles. The molecule has 0 radical (unpaired) electrons. The molecule has 2 aromatic heterocycles. The van der Waals surface area contributed by atoms with E-state index >= 15 is 0 Å². The smallest absolute Gasteiger partial charge is 0.137 e. The number of hydrogen-bond acceptors (Lipinski definition) is 1. The predicted molar refractivity (Wildman–Crippen MR) is 58.5 cm³/mol. The van der Waals surface area contributed by atoms with E-state index < -0.39 is 0 Å². The van der Waals surface area contributed by atoms with Crippen molar-refractivity contribution in [2.75, 3.05) is 0 Å². The van der Waals surface area contributed by atoms with E-state index in [1.807, 2.05) is 12.1 Å². The first-order valence-corrected chi connectivity index (χ1v) is 4.78. The third-order valence-electron chi connectivity index (χ3n) is 2.44. The highest BCUT2D eigenvalue weighted by Crippen LogP contribution is 2.16. The van der Waals surface area contributed by atoms with E-state index in [4.69, 9.17) is 0 Å². The highest BCUT2D eigenvalue weighted by Gasteiger charge is 2.05. The lowest BCUT2D eigenvalue weighted by molar-refractivity contribution is 0.926. The van der Waals surface area contributed by atoms with Crippen molar-refractivity contribution in [3.8, 4) is 0 Å². The van der Waals surface area contributed by atoms with Gasteiger partial charge in [-0.05, 0) is 18.6 Å². The normalized spacial score (nSPS) is 13.0. The summed E-state index contributed by atoms with van der Waals surface area (Å²) in [6, 6.07) is 4.11. The van der Waals surface area contributed by atoms with Crippen LogP contribution in [0.5, 0.6) is 0 Å². The highest BCUT2D eigenvalue weighted by molar-refractivity contribution is 5.42. The summed E-state index contributed by atoms with van der Waals surface area (Å²) in [6.07, 6.45) is 6.06. The molecule has 0 saturated carbocycles. The van der Waals surface area contributed by atoms with Gasteiger partial charge in [0.15, 0.2) is 0 Å². The monoisotopic (exact) mass is 186 g/mol. The summed E-state index contributed by atoms with van der Waals surface area (Å²) < 4.78 is 2.06. The molecule has 1 atom stereocenters. The molecule has 0 saturated heterocycles. The second-order valence-corrected chi connectivity index (χ2v) is 3.66. The molecule has 0 N–H and O–H groups in total. The molecule has 2 aromatic rings. The minimum absolute atomic E-state index is 0.315. The summed E-state index contributed by atoms with van der Waals surface area (Å²) >= 11 is 0. The number of rotatable bonds is 2. The zero-order valence-electron chi connectivity index (χ0n) is 8.57. The molecule has 0 spiro atoms. The average molecular weight is 186 g/mol. The fourth-order valence-electron chi connectivity index (χ4n) is 1.46. The fourth-order valence-corrected chi connectivity index (χ4v) is 1.46. The van der Waals surface area contributed by atoms with Crippen LogP contribution in [0.1, 0.15) is 24.1 Å². The lowest BCUT2D eigenvalue weighted by Gasteiger charge is -1.97. The zero-order chi connectivity index (χ0) is 10.1. The van der Waals surface area contributed by atoms with Gasteiger partial charge in [0.2, 0.25) is 0 Å². The molecule has 0 aliphatic rings. The van der Waals surface area contributed by atoms with E-state index in [9.17, 15) is 0 Å². The molecule has 0 aromatic carbocycles. The fraction of sp³-hybridized carbons (Fsp3) is 0.250. The minimum atomic E-state index is 0.315. The molecule has 72 valence electrons. The van der Waals surface area contributed by atoms with E-state index in [1.165, 1.54) is 5.56 Å².